The van der Waals surface area contributed by atoms with Crippen molar-refractivity contribution < 1.29 is 4.79 Å². The van der Waals surface area contributed by atoms with Gasteiger partial charge in [-0.25, -0.2) is 0 Å². The van der Waals surface area contributed by atoms with E-state index in [9.17, 15) is 4.79 Å². The van der Waals surface area contributed by atoms with Crippen LogP contribution in [-0.4, -0.2) is 15.9 Å². The molecule has 0 aliphatic rings. The molecule has 0 spiro atoms. The number of benzene rings is 1. The van der Waals surface area contributed by atoms with E-state index in [2.05, 4.69) is 53.5 Å². The smallest absolute Gasteiger partial charge is 0.242 e. The molecular formula is C24H28N4O. The molecule has 2 aromatic heterocycles. The Morgan fingerprint density at radius 2 is 1.48 bits per heavy atom. The van der Waals surface area contributed by atoms with Gasteiger partial charge in [-0.1, -0.05) is 57.2 Å². The maximum absolute atomic E-state index is 13.0. The van der Waals surface area contributed by atoms with Gasteiger partial charge in [0.2, 0.25) is 5.91 Å². The molecule has 0 bridgehead atoms. The maximum atomic E-state index is 13.0. The van der Waals surface area contributed by atoms with Crippen molar-refractivity contribution in [3.63, 3.8) is 0 Å². The Hall–Kier alpha value is -3.05. The molecule has 2 N–H and O–H groups in total. The summed E-state index contributed by atoms with van der Waals surface area (Å²) in [5.41, 5.74) is 4.24. The fourth-order valence-corrected chi connectivity index (χ4v) is 3.05. The average molecular weight is 389 g/mol. The predicted molar refractivity (Wildman–Crippen MR) is 115 cm³/mol. The third-order valence-corrected chi connectivity index (χ3v) is 4.79. The first kappa shape index (κ1) is 20.7. The van der Waals surface area contributed by atoms with Crippen molar-refractivity contribution in [1.82, 2.24) is 20.6 Å². The van der Waals surface area contributed by atoms with Crippen LogP contribution in [0.4, 0.5) is 0 Å². The van der Waals surface area contributed by atoms with Gasteiger partial charge in [0.1, 0.15) is 6.04 Å². The van der Waals surface area contributed by atoms with Gasteiger partial charge in [-0.15, -0.1) is 0 Å². The van der Waals surface area contributed by atoms with Gasteiger partial charge >= 0.3 is 0 Å². The molecule has 29 heavy (non-hydrogen) atoms. The summed E-state index contributed by atoms with van der Waals surface area (Å²) in [6.45, 7) is 7.54. The van der Waals surface area contributed by atoms with Crippen LogP contribution in [0.3, 0.4) is 0 Å². The number of hydrogen-bond acceptors (Lipinski definition) is 4. The van der Waals surface area contributed by atoms with Crippen LogP contribution in [-0.2, 0) is 23.3 Å². The number of aromatic nitrogens is 2. The Labute approximate surface area is 172 Å². The Kier molecular flexibility index (Phi) is 6.73. The van der Waals surface area contributed by atoms with Crippen molar-refractivity contribution in [2.45, 2.75) is 45.3 Å². The van der Waals surface area contributed by atoms with Gasteiger partial charge in [-0.3, -0.25) is 20.1 Å². The van der Waals surface area contributed by atoms with Gasteiger partial charge in [0.05, 0.1) is 0 Å². The minimum Gasteiger partial charge on any atom is -0.350 e. The standard InChI is InChI=1S/C24H28N4O/c1-24(2,3)21-10-8-20(9-11-21)22(27-16-18-6-4-12-25-14-18)23(29)28-17-19-7-5-13-26-15-19/h4-15,22,27H,16-17H2,1-3H3,(H,28,29). The second-order valence-corrected chi connectivity index (χ2v) is 8.13. The first-order valence-corrected chi connectivity index (χ1v) is 9.83. The third kappa shape index (κ3) is 5.96. The van der Waals surface area contributed by atoms with Crippen LogP contribution >= 0.6 is 0 Å². The van der Waals surface area contributed by atoms with Crippen molar-refractivity contribution in [3.05, 3.63) is 95.6 Å². The molecule has 2 heterocycles. The summed E-state index contributed by atoms with van der Waals surface area (Å²) in [5.74, 6) is -0.0683. The fraction of sp³-hybridized carbons (Fsp3) is 0.292. The Bertz CT molecular complexity index is 903. The summed E-state index contributed by atoms with van der Waals surface area (Å²) < 4.78 is 0. The molecule has 0 aliphatic carbocycles. The highest BCUT2D eigenvalue weighted by Crippen LogP contribution is 2.24. The fourth-order valence-electron chi connectivity index (χ4n) is 3.05. The van der Waals surface area contributed by atoms with Gasteiger partial charge in [0.15, 0.2) is 0 Å². The molecular weight excluding hydrogens is 360 g/mol. The van der Waals surface area contributed by atoms with E-state index in [-0.39, 0.29) is 11.3 Å². The molecule has 0 aliphatic heterocycles. The van der Waals surface area contributed by atoms with Gasteiger partial charge in [0, 0.05) is 37.9 Å². The topological polar surface area (TPSA) is 66.9 Å². The summed E-state index contributed by atoms with van der Waals surface area (Å²) in [6.07, 6.45) is 7.03. The lowest BCUT2D eigenvalue weighted by Gasteiger charge is -2.22. The Morgan fingerprint density at radius 1 is 0.897 bits per heavy atom. The van der Waals surface area contributed by atoms with Crippen LogP contribution in [0.5, 0.6) is 0 Å². The second-order valence-electron chi connectivity index (χ2n) is 8.13. The van der Waals surface area contributed by atoms with Gasteiger partial charge < -0.3 is 5.32 Å². The lowest BCUT2D eigenvalue weighted by Crippen LogP contribution is -2.37. The number of rotatable bonds is 7. The normalized spacial score (nSPS) is 12.4. The van der Waals surface area contributed by atoms with E-state index in [1.165, 1.54) is 5.56 Å². The van der Waals surface area contributed by atoms with E-state index < -0.39 is 6.04 Å². The molecule has 5 heteroatoms. The highest BCUT2D eigenvalue weighted by Gasteiger charge is 2.21. The van der Waals surface area contributed by atoms with Crippen LogP contribution in [0.15, 0.2) is 73.3 Å². The molecule has 1 unspecified atom stereocenters. The van der Waals surface area contributed by atoms with Crippen molar-refractivity contribution in [2.75, 3.05) is 0 Å². The summed E-state index contributed by atoms with van der Waals surface area (Å²) in [5, 5.41) is 6.40. The van der Waals surface area contributed by atoms with E-state index in [1.807, 2.05) is 36.4 Å². The molecule has 1 amide bonds. The summed E-state index contributed by atoms with van der Waals surface area (Å²) >= 11 is 0. The Balaban J connectivity index is 1.75. The predicted octanol–water partition coefficient (Wildman–Crippen LogP) is 3.92. The number of hydrogen-bond donors (Lipinski definition) is 2. The SMILES string of the molecule is CC(C)(C)c1ccc(C(NCc2cccnc2)C(=O)NCc2cccnc2)cc1. The molecule has 5 nitrogen and oxygen atoms in total. The largest absolute Gasteiger partial charge is 0.350 e. The molecule has 1 atom stereocenters. The molecule has 0 saturated carbocycles. The zero-order valence-electron chi connectivity index (χ0n) is 17.2. The lowest BCUT2D eigenvalue weighted by molar-refractivity contribution is -0.123. The first-order chi connectivity index (χ1) is 13.9. The van der Waals surface area contributed by atoms with Crippen LogP contribution in [0.25, 0.3) is 0 Å². The Morgan fingerprint density at radius 3 is 2.00 bits per heavy atom. The highest BCUT2D eigenvalue weighted by molar-refractivity contribution is 5.83. The minimum absolute atomic E-state index is 0.0683. The zero-order chi connectivity index (χ0) is 20.7. The van der Waals surface area contributed by atoms with Gasteiger partial charge in [0.25, 0.3) is 0 Å². The quantitative estimate of drug-likeness (QED) is 0.644. The zero-order valence-corrected chi connectivity index (χ0v) is 17.2. The van der Waals surface area contributed by atoms with E-state index in [1.54, 1.807) is 24.8 Å². The van der Waals surface area contributed by atoms with Gasteiger partial charge in [-0.2, -0.15) is 0 Å². The molecule has 3 aromatic rings. The minimum atomic E-state index is -0.458. The average Bonchev–Trinajstić information content (AvgIpc) is 2.73. The third-order valence-electron chi connectivity index (χ3n) is 4.79. The van der Waals surface area contributed by atoms with Crippen LogP contribution in [0, 0.1) is 0 Å². The second kappa shape index (κ2) is 9.43. The van der Waals surface area contributed by atoms with Crippen LogP contribution in [0.2, 0.25) is 0 Å². The number of pyridine rings is 2. The molecule has 1 aromatic carbocycles. The summed E-state index contributed by atoms with van der Waals surface area (Å²) in [4.78, 5) is 21.3. The number of amides is 1. The number of carbonyl (C=O) groups excluding carboxylic acids is 1. The number of nitrogens with zero attached hydrogens (tertiary/aromatic N) is 2. The maximum Gasteiger partial charge on any atom is 0.242 e. The van der Waals surface area contributed by atoms with E-state index in [0.717, 1.165) is 16.7 Å². The van der Waals surface area contributed by atoms with Crippen molar-refractivity contribution in [3.8, 4) is 0 Å². The van der Waals surface area contributed by atoms with E-state index >= 15 is 0 Å². The molecule has 0 saturated heterocycles. The van der Waals surface area contributed by atoms with Crippen molar-refractivity contribution >= 4 is 5.91 Å². The van der Waals surface area contributed by atoms with Crippen LogP contribution in [0.1, 0.15) is 49.1 Å². The molecule has 0 fully saturated rings. The van der Waals surface area contributed by atoms with Crippen molar-refractivity contribution in [1.29, 1.82) is 0 Å². The molecule has 0 radical (unpaired) electrons. The van der Waals surface area contributed by atoms with Crippen LogP contribution < -0.4 is 10.6 Å². The number of nitrogens with one attached hydrogen (secondary N) is 2. The monoisotopic (exact) mass is 388 g/mol. The highest BCUT2D eigenvalue weighted by atomic mass is 16.2. The first-order valence-electron chi connectivity index (χ1n) is 9.83. The summed E-state index contributed by atoms with van der Waals surface area (Å²) in [7, 11) is 0. The molecule has 150 valence electrons. The molecule has 3 rings (SSSR count). The summed E-state index contributed by atoms with van der Waals surface area (Å²) in [6, 6.07) is 15.5. The van der Waals surface area contributed by atoms with Gasteiger partial charge in [-0.05, 0) is 39.8 Å². The lowest BCUT2D eigenvalue weighted by atomic mass is 9.86. The number of carbonyl (C=O) groups is 1. The van der Waals surface area contributed by atoms with E-state index in [0.29, 0.717) is 13.1 Å². The van der Waals surface area contributed by atoms with E-state index in [4.69, 9.17) is 0 Å². The van der Waals surface area contributed by atoms with Crippen molar-refractivity contribution in [2.24, 2.45) is 0 Å².